The molecule has 2 atom stereocenters. The number of thiazole rings is 1. The van der Waals surface area contributed by atoms with E-state index in [1.54, 1.807) is 41.8 Å². The summed E-state index contributed by atoms with van der Waals surface area (Å²) < 4.78 is 5.36. The van der Waals surface area contributed by atoms with Crippen molar-refractivity contribution in [1.82, 2.24) is 4.98 Å². The number of carbonyl (C=O) groups is 1. The second-order valence-electron chi connectivity index (χ2n) is 6.87. The smallest absolute Gasteiger partial charge is 0.345 e. The molecule has 0 saturated carbocycles. The van der Waals surface area contributed by atoms with Crippen LogP contribution in [0.1, 0.15) is 11.6 Å². The van der Waals surface area contributed by atoms with E-state index in [1.807, 2.05) is 12.1 Å². The fourth-order valence-electron chi connectivity index (χ4n) is 3.61. The van der Waals surface area contributed by atoms with E-state index in [4.69, 9.17) is 16.0 Å². The van der Waals surface area contributed by atoms with Gasteiger partial charge in [-0.2, -0.15) is 0 Å². The molecule has 1 amide bonds. The van der Waals surface area contributed by atoms with Crippen LogP contribution < -0.4 is 10.5 Å². The van der Waals surface area contributed by atoms with E-state index >= 15 is 0 Å². The van der Waals surface area contributed by atoms with Crippen molar-refractivity contribution < 1.29 is 14.1 Å². The molecule has 0 bridgehead atoms. The summed E-state index contributed by atoms with van der Waals surface area (Å²) in [6.07, 6.45) is 0. The Morgan fingerprint density at radius 1 is 1.13 bits per heavy atom. The third-order valence-corrected chi connectivity index (χ3v) is 6.36. The number of fused-ring (bicyclic) bond motifs is 1. The highest BCUT2D eigenvalue weighted by atomic mass is 35.5. The Morgan fingerprint density at radius 2 is 1.87 bits per heavy atom. The van der Waals surface area contributed by atoms with Crippen LogP contribution >= 0.6 is 22.9 Å². The van der Waals surface area contributed by atoms with Crippen LogP contribution in [0.3, 0.4) is 0 Å². The molecule has 8 nitrogen and oxygen atoms in total. The number of hydrogen-bond donors (Lipinski definition) is 0. The quantitative estimate of drug-likeness (QED) is 0.148. The van der Waals surface area contributed by atoms with Gasteiger partial charge in [-0.1, -0.05) is 30.3 Å². The Hall–Kier alpha value is -3.56. The van der Waals surface area contributed by atoms with Crippen LogP contribution in [0.5, 0.6) is 0 Å². The maximum Gasteiger partial charge on any atom is 0.345 e. The van der Waals surface area contributed by atoms with Crippen LogP contribution in [0.15, 0.2) is 69.2 Å². The molecule has 1 aliphatic rings. The second-order valence-corrected chi connectivity index (χ2v) is 8.18. The molecule has 4 aromatic rings. The number of amides is 1. The van der Waals surface area contributed by atoms with Gasteiger partial charge in [-0.05, 0) is 18.2 Å². The molecule has 2 unspecified atom stereocenters. The second kappa shape index (κ2) is 7.29. The van der Waals surface area contributed by atoms with E-state index in [0.717, 1.165) is 16.7 Å². The number of benzene rings is 2. The van der Waals surface area contributed by atoms with Crippen LogP contribution in [0, 0.1) is 10.1 Å². The van der Waals surface area contributed by atoms with Crippen molar-refractivity contribution in [2.45, 2.75) is 11.4 Å². The van der Waals surface area contributed by atoms with Crippen molar-refractivity contribution in [3.05, 3.63) is 86.1 Å². The van der Waals surface area contributed by atoms with Crippen LogP contribution in [0.4, 0.5) is 10.8 Å². The van der Waals surface area contributed by atoms with Crippen LogP contribution in [0.2, 0.25) is 0 Å². The minimum Gasteiger partial charge on any atom is -0.422 e. The first kappa shape index (κ1) is 19.4. The van der Waals surface area contributed by atoms with Gasteiger partial charge in [-0.25, -0.2) is 9.78 Å². The lowest BCUT2D eigenvalue weighted by Gasteiger charge is -2.42. The SMILES string of the molecule is O=C1C(Cl)C(c2ccccc2[N+](=O)[O-])N1c1nc(-c2cc3ccccc3oc2=O)cs1. The summed E-state index contributed by atoms with van der Waals surface area (Å²) in [7, 11) is 0. The number of anilines is 1. The van der Waals surface area contributed by atoms with Crippen LogP contribution in [0.25, 0.3) is 22.2 Å². The Labute approximate surface area is 183 Å². The number of nitro benzene ring substituents is 1. The van der Waals surface area contributed by atoms with Crippen molar-refractivity contribution in [2.75, 3.05) is 4.90 Å². The molecule has 0 spiro atoms. The molecule has 1 fully saturated rings. The van der Waals surface area contributed by atoms with Gasteiger partial charge in [0.1, 0.15) is 11.0 Å². The van der Waals surface area contributed by atoms with Gasteiger partial charge in [0.05, 0.1) is 27.8 Å². The standard InChI is InChI=1S/C21H12ClN3O5S/c22-17-18(12-6-2-3-7-15(12)25(28)29)24(19(17)26)21-23-14(10-31-21)13-9-11-5-1-4-8-16(11)30-20(13)27/h1-10,17-18H. The van der Waals surface area contributed by atoms with Gasteiger partial charge in [-0.15, -0.1) is 22.9 Å². The summed E-state index contributed by atoms with van der Waals surface area (Å²) in [4.78, 5) is 41.7. The number of nitro groups is 1. The third-order valence-electron chi connectivity index (χ3n) is 5.10. The predicted molar refractivity (Wildman–Crippen MR) is 117 cm³/mol. The fourth-order valence-corrected chi connectivity index (χ4v) is 4.83. The van der Waals surface area contributed by atoms with Gasteiger partial charge in [0.25, 0.3) is 5.69 Å². The number of β-lactam (4-membered cyclic amide) rings is 1. The van der Waals surface area contributed by atoms with Crippen molar-refractivity contribution in [3.8, 4) is 11.3 Å². The highest BCUT2D eigenvalue weighted by Crippen LogP contribution is 2.46. The normalized spacial score (nSPS) is 18.2. The van der Waals surface area contributed by atoms with Crippen molar-refractivity contribution in [2.24, 2.45) is 0 Å². The first-order valence-corrected chi connectivity index (χ1v) is 10.5. The number of para-hydroxylation sites is 2. The molecule has 0 aliphatic carbocycles. The minimum absolute atomic E-state index is 0.123. The van der Waals surface area contributed by atoms with E-state index in [0.29, 0.717) is 22.0 Å². The Kier molecular flexibility index (Phi) is 4.57. The molecule has 5 rings (SSSR count). The first-order valence-electron chi connectivity index (χ1n) is 9.15. The predicted octanol–water partition coefficient (Wildman–Crippen LogP) is 4.52. The molecule has 2 aromatic heterocycles. The number of carbonyl (C=O) groups excluding carboxylic acids is 1. The summed E-state index contributed by atoms with van der Waals surface area (Å²) in [5.41, 5.74) is 0.740. The lowest BCUT2D eigenvalue weighted by Crippen LogP contribution is -2.56. The topological polar surface area (TPSA) is 107 Å². The molecule has 0 radical (unpaired) electrons. The monoisotopic (exact) mass is 453 g/mol. The largest absolute Gasteiger partial charge is 0.422 e. The van der Waals surface area contributed by atoms with Gasteiger partial charge in [0, 0.05) is 16.8 Å². The summed E-state index contributed by atoms with van der Waals surface area (Å²) in [5, 5.41) is 13.2. The molecule has 154 valence electrons. The summed E-state index contributed by atoms with van der Waals surface area (Å²) >= 11 is 7.38. The van der Waals surface area contributed by atoms with Crippen LogP contribution in [-0.4, -0.2) is 21.2 Å². The van der Waals surface area contributed by atoms with E-state index in [-0.39, 0.29) is 11.3 Å². The zero-order chi connectivity index (χ0) is 21.7. The highest BCUT2D eigenvalue weighted by molar-refractivity contribution is 7.14. The lowest BCUT2D eigenvalue weighted by molar-refractivity contribution is -0.385. The molecule has 31 heavy (non-hydrogen) atoms. The molecule has 3 heterocycles. The Morgan fingerprint density at radius 3 is 2.68 bits per heavy atom. The molecule has 10 heteroatoms. The Bertz CT molecular complexity index is 1420. The Balaban J connectivity index is 1.55. The van der Waals surface area contributed by atoms with Crippen molar-refractivity contribution >= 4 is 50.6 Å². The average Bonchev–Trinajstić information content (AvgIpc) is 3.25. The zero-order valence-corrected chi connectivity index (χ0v) is 17.2. The van der Waals surface area contributed by atoms with Crippen molar-refractivity contribution in [3.63, 3.8) is 0 Å². The molecule has 0 N–H and O–H groups in total. The number of halogens is 1. The zero-order valence-electron chi connectivity index (χ0n) is 15.6. The van der Waals surface area contributed by atoms with Gasteiger partial charge < -0.3 is 4.42 Å². The van der Waals surface area contributed by atoms with E-state index < -0.39 is 27.9 Å². The van der Waals surface area contributed by atoms with Gasteiger partial charge in [0.15, 0.2) is 5.13 Å². The minimum atomic E-state index is -0.945. The van der Waals surface area contributed by atoms with Crippen molar-refractivity contribution in [1.29, 1.82) is 0 Å². The lowest BCUT2D eigenvalue weighted by atomic mass is 9.92. The van der Waals surface area contributed by atoms with E-state index in [1.165, 1.54) is 11.0 Å². The molecule has 1 saturated heterocycles. The van der Waals surface area contributed by atoms with Gasteiger partial charge in [-0.3, -0.25) is 19.8 Å². The van der Waals surface area contributed by atoms with Gasteiger partial charge in [0.2, 0.25) is 5.91 Å². The summed E-state index contributed by atoms with van der Waals surface area (Å²) in [5.74, 6) is -0.406. The summed E-state index contributed by atoms with van der Waals surface area (Å²) in [6, 6.07) is 14.2. The molecular formula is C21H12ClN3O5S. The number of aromatic nitrogens is 1. The van der Waals surface area contributed by atoms with Gasteiger partial charge >= 0.3 is 5.63 Å². The maximum atomic E-state index is 12.5. The number of hydrogen-bond acceptors (Lipinski definition) is 7. The first-order chi connectivity index (χ1) is 15.0. The fraction of sp³-hybridized carbons (Fsp3) is 0.0952. The van der Waals surface area contributed by atoms with E-state index in [9.17, 15) is 19.7 Å². The average molecular weight is 454 g/mol. The molecular weight excluding hydrogens is 442 g/mol. The number of rotatable bonds is 4. The number of alkyl halides is 1. The molecule has 1 aliphatic heterocycles. The van der Waals surface area contributed by atoms with E-state index in [2.05, 4.69) is 4.98 Å². The van der Waals surface area contributed by atoms with Crippen LogP contribution in [-0.2, 0) is 4.79 Å². The maximum absolute atomic E-state index is 12.5. The third kappa shape index (κ3) is 3.09. The molecule has 2 aromatic carbocycles. The number of nitrogens with zero attached hydrogens (tertiary/aromatic N) is 3. The summed E-state index contributed by atoms with van der Waals surface area (Å²) in [6.45, 7) is 0. The highest BCUT2D eigenvalue weighted by Gasteiger charge is 2.51.